The molecule has 0 aliphatic heterocycles. The SMILES string of the molecule is Cc1nc(-c2ccccc2Cl)sc1CNC(=O)Cc1ccccc1Cl. The average Bonchev–Trinajstić information content (AvgIpc) is 2.96. The predicted molar refractivity (Wildman–Crippen MR) is 104 cm³/mol. The van der Waals surface area contributed by atoms with E-state index >= 15 is 0 Å². The van der Waals surface area contributed by atoms with Crippen LogP contribution in [0.4, 0.5) is 0 Å². The third-order valence-corrected chi connectivity index (χ3v) is 5.64. The number of aromatic nitrogens is 1. The Morgan fingerprint density at radius 3 is 2.48 bits per heavy atom. The minimum atomic E-state index is -0.0693. The Balaban J connectivity index is 1.67. The van der Waals surface area contributed by atoms with Gasteiger partial charge in [-0.2, -0.15) is 0 Å². The van der Waals surface area contributed by atoms with E-state index < -0.39 is 0 Å². The molecule has 0 radical (unpaired) electrons. The van der Waals surface area contributed by atoms with Crippen LogP contribution in [0.2, 0.25) is 10.0 Å². The molecule has 25 heavy (non-hydrogen) atoms. The highest BCUT2D eigenvalue weighted by molar-refractivity contribution is 7.15. The smallest absolute Gasteiger partial charge is 0.224 e. The van der Waals surface area contributed by atoms with Gasteiger partial charge in [0.2, 0.25) is 5.91 Å². The lowest BCUT2D eigenvalue weighted by atomic mass is 10.1. The van der Waals surface area contributed by atoms with E-state index in [1.54, 1.807) is 17.4 Å². The van der Waals surface area contributed by atoms with Crippen LogP contribution in [0.5, 0.6) is 0 Å². The number of aryl methyl sites for hydroxylation is 1. The van der Waals surface area contributed by atoms with Crippen molar-refractivity contribution < 1.29 is 4.79 Å². The maximum absolute atomic E-state index is 12.2. The predicted octanol–water partition coefficient (Wildman–Crippen LogP) is 5.28. The van der Waals surface area contributed by atoms with Crippen LogP contribution in [0.1, 0.15) is 16.1 Å². The summed E-state index contributed by atoms with van der Waals surface area (Å²) in [5.41, 5.74) is 2.63. The van der Waals surface area contributed by atoms with E-state index in [2.05, 4.69) is 10.3 Å². The van der Waals surface area contributed by atoms with Crippen molar-refractivity contribution in [3.63, 3.8) is 0 Å². The molecule has 0 atom stereocenters. The molecule has 1 aromatic heterocycles. The molecule has 0 saturated carbocycles. The first kappa shape index (κ1) is 17.9. The number of hydrogen-bond donors (Lipinski definition) is 1. The van der Waals surface area contributed by atoms with Gasteiger partial charge in [-0.25, -0.2) is 4.98 Å². The number of hydrogen-bond acceptors (Lipinski definition) is 3. The molecule has 3 aromatic rings. The fraction of sp³-hybridized carbons (Fsp3) is 0.158. The summed E-state index contributed by atoms with van der Waals surface area (Å²) in [6.07, 6.45) is 0.259. The number of carbonyl (C=O) groups excluding carboxylic acids is 1. The van der Waals surface area contributed by atoms with Crippen molar-refractivity contribution in [3.8, 4) is 10.6 Å². The standard InChI is InChI=1S/C19H16Cl2N2OS/c1-12-17(25-19(23-12)14-7-3-5-9-16(14)21)11-22-18(24)10-13-6-2-4-8-15(13)20/h2-9H,10-11H2,1H3,(H,22,24). The minimum Gasteiger partial charge on any atom is -0.351 e. The molecule has 2 aromatic carbocycles. The van der Waals surface area contributed by atoms with Crippen LogP contribution in [0.25, 0.3) is 10.6 Å². The topological polar surface area (TPSA) is 42.0 Å². The van der Waals surface area contributed by atoms with Gasteiger partial charge >= 0.3 is 0 Å². The highest BCUT2D eigenvalue weighted by Crippen LogP contribution is 2.32. The van der Waals surface area contributed by atoms with Crippen molar-refractivity contribution >= 4 is 40.4 Å². The van der Waals surface area contributed by atoms with E-state index in [9.17, 15) is 4.79 Å². The second kappa shape index (κ2) is 8.00. The molecule has 1 N–H and O–H groups in total. The lowest BCUT2D eigenvalue weighted by molar-refractivity contribution is -0.120. The normalized spacial score (nSPS) is 10.7. The molecular formula is C19H16Cl2N2OS. The van der Waals surface area contributed by atoms with E-state index in [0.29, 0.717) is 16.6 Å². The zero-order chi connectivity index (χ0) is 17.8. The second-order valence-corrected chi connectivity index (χ2v) is 7.45. The van der Waals surface area contributed by atoms with Crippen LogP contribution in [-0.2, 0) is 17.8 Å². The Labute approximate surface area is 160 Å². The fourth-order valence-corrected chi connectivity index (χ4v) is 3.92. The summed E-state index contributed by atoms with van der Waals surface area (Å²) in [5.74, 6) is -0.0693. The number of amides is 1. The number of benzene rings is 2. The zero-order valence-electron chi connectivity index (χ0n) is 13.6. The number of rotatable bonds is 5. The Hall–Kier alpha value is -1.88. The first-order valence-electron chi connectivity index (χ1n) is 7.76. The van der Waals surface area contributed by atoms with Gasteiger partial charge in [0.15, 0.2) is 0 Å². The number of halogens is 2. The van der Waals surface area contributed by atoms with Gasteiger partial charge in [-0.3, -0.25) is 4.79 Å². The highest BCUT2D eigenvalue weighted by Gasteiger charge is 2.13. The molecule has 6 heteroatoms. The maximum atomic E-state index is 12.2. The molecule has 0 spiro atoms. The molecule has 3 rings (SSSR count). The third-order valence-electron chi connectivity index (χ3n) is 3.75. The van der Waals surface area contributed by atoms with Crippen molar-refractivity contribution in [2.24, 2.45) is 0 Å². The Bertz CT molecular complexity index is 908. The molecule has 0 fully saturated rings. The van der Waals surface area contributed by atoms with E-state index in [1.165, 1.54) is 0 Å². The van der Waals surface area contributed by atoms with Crippen molar-refractivity contribution in [2.75, 3.05) is 0 Å². The van der Waals surface area contributed by atoms with Crippen LogP contribution in [-0.4, -0.2) is 10.9 Å². The molecular weight excluding hydrogens is 375 g/mol. The monoisotopic (exact) mass is 390 g/mol. The van der Waals surface area contributed by atoms with Gasteiger partial charge in [0.25, 0.3) is 0 Å². The lowest BCUT2D eigenvalue weighted by Crippen LogP contribution is -2.24. The van der Waals surface area contributed by atoms with Crippen LogP contribution in [0.3, 0.4) is 0 Å². The molecule has 1 amide bonds. The molecule has 1 heterocycles. The lowest BCUT2D eigenvalue weighted by Gasteiger charge is -2.05. The Morgan fingerprint density at radius 1 is 1.08 bits per heavy atom. The molecule has 0 saturated heterocycles. The minimum absolute atomic E-state index is 0.0693. The quantitative estimate of drug-likeness (QED) is 0.643. The van der Waals surface area contributed by atoms with Crippen molar-refractivity contribution in [3.05, 3.63) is 74.7 Å². The van der Waals surface area contributed by atoms with Gasteiger partial charge in [-0.1, -0.05) is 59.6 Å². The van der Waals surface area contributed by atoms with Gasteiger partial charge < -0.3 is 5.32 Å². The summed E-state index contributed by atoms with van der Waals surface area (Å²) < 4.78 is 0. The highest BCUT2D eigenvalue weighted by atomic mass is 35.5. The van der Waals surface area contributed by atoms with Gasteiger partial charge in [-0.05, 0) is 24.6 Å². The van der Waals surface area contributed by atoms with E-state index in [0.717, 1.165) is 26.7 Å². The van der Waals surface area contributed by atoms with E-state index in [-0.39, 0.29) is 12.3 Å². The molecule has 0 aliphatic carbocycles. The van der Waals surface area contributed by atoms with Crippen molar-refractivity contribution in [1.29, 1.82) is 0 Å². The Morgan fingerprint density at radius 2 is 1.76 bits per heavy atom. The fourth-order valence-electron chi connectivity index (χ4n) is 2.40. The summed E-state index contributed by atoms with van der Waals surface area (Å²) in [4.78, 5) is 17.8. The molecule has 128 valence electrons. The third kappa shape index (κ3) is 4.40. The Kier molecular flexibility index (Phi) is 5.74. The second-order valence-electron chi connectivity index (χ2n) is 5.55. The van der Waals surface area contributed by atoms with Gasteiger partial charge in [0.1, 0.15) is 5.01 Å². The zero-order valence-corrected chi connectivity index (χ0v) is 15.9. The molecule has 0 bridgehead atoms. The summed E-state index contributed by atoms with van der Waals surface area (Å²) in [6, 6.07) is 15.0. The van der Waals surface area contributed by atoms with Crippen molar-refractivity contribution in [1.82, 2.24) is 10.3 Å². The molecule has 0 unspecified atom stereocenters. The summed E-state index contributed by atoms with van der Waals surface area (Å²) in [7, 11) is 0. The molecule has 0 aliphatic rings. The first-order chi connectivity index (χ1) is 12.0. The van der Waals surface area contributed by atoms with Gasteiger partial charge in [-0.15, -0.1) is 11.3 Å². The molecule has 3 nitrogen and oxygen atoms in total. The summed E-state index contributed by atoms with van der Waals surface area (Å²) >= 11 is 13.9. The average molecular weight is 391 g/mol. The van der Waals surface area contributed by atoms with E-state index in [1.807, 2.05) is 49.4 Å². The van der Waals surface area contributed by atoms with Crippen LogP contribution in [0, 0.1) is 6.92 Å². The number of nitrogens with one attached hydrogen (secondary N) is 1. The maximum Gasteiger partial charge on any atom is 0.224 e. The van der Waals surface area contributed by atoms with Crippen LogP contribution >= 0.6 is 34.5 Å². The van der Waals surface area contributed by atoms with Crippen molar-refractivity contribution in [2.45, 2.75) is 19.9 Å². The van der Waals surface area contributed by atoms with E-state index in [4.69, 9.17) is 23.2 Å². The van der Waals surface area contributed by atoms with Gasteiger partial charge in [0, 0.05) is 15.5 Å². The summed E-state index contributed by atoms with van der Waals surface area (Å²) in [5, 5.41) is 5.07. The number of nitrogens with zero attached hydrogens (tertiary/aromatic N) is 1. The number of carbonyl (C=O) groups is 1. The summed E-state index contributed by atoms with van der Waals surface area (Å²) in [6.45, 7) is 2.38. The van der Waals surface area contributed by atoms with Crippen LogP contribution < -0.4 is 5.32 Å². The first-order valence-corrected chi connectivity index (χ1v) is 9.33. The largest absolute Gasteiger partial charge is 0.351 e. The van der Waals surface area contributed by atoms with Crippen LogP contribution in [0.15, 0.2) is 48.5 Å². The van der Waals surface area contributed by atoms with Gasteiger partial charge in [0.05, 0.1) is 23.7 Å². The number of thiazole rings is 1.